The third kappa shape index (κ3) is 3.94. The summed E-state index contributed by atoms with van der Waals surface area (Å²) in [5.41, 5.74) is 0.924. The molecule has 1 aromatic carbocycles. The van der Waals surface area contributed by atoms with Gasteiger partial charge in [0.2, 0.25) is 0 Å². The molecule has 3 aliphatic rings. The molecule has 1 amide bonds. The third-order valence-electron chi connectivity index (χ3n) is 5.68. The molecule has 3 fully saturated rings. The molecule has 4 rings (SSSR count). The number of carbonyl (C=O) groups is 1. The van der Waals surface area contributed by atoms with Gasteiger partial charge in [-0.2, -0.15) is 0 Å². The van der Waals surface area contributed by atoms with Crippen LogP contribution in [0.5, 0.6) is 0 Å². The lowest BCUT2D eigenvalue weighted by Crippen LogP contribution is -2.32. The molecule has 2 atom stereocenters. The van der Waals surface area contributed by atoms with Crippen molar-refractivity contribution in [1.82, 2.24) is 10.2 Å². The Bertz CT molecular complexity index is 681. The molecule has 0 spiro atoms. The number of nitrogens with one attached hydrogen (secondary N) is 2. The number of hydrogen-bond donors (Lipinski definition) is 2. The standard InChI is InChI=1S/C18H24N4O3.ClH/c23-18(21-7-5-13-10-19-11-14(13)6-8-21)12-1-4-16(20-15-2-3-15)17(9-12)22(24)25;/h1,4,9,13-15,19-20H,2-3,5-8,10-11H2;1H/t13-,14+;. The molecule has 2 N–H and O–H groups in total. The van der Waals surface area contributed by atoms with E-state index in [1.165, 1.54) is 6.07 Å². The van der Waals surface area contributed by atoms with Gasteiger partial charge in [0.05, 0.1) is 4.92 Å². The van der Waals surface area contributed by atoms with Crippen LogP contribution in [-0.4, -0.2) is 48.0 Å². The summed E-state index contributed by atoms with van der Waals surface area (Å²) in [6, 6.07) is 5.16. The summed E-state index contributed by atoms with van der Waals surface area (Å²) in [5.74, 6) is 1.21. The normalized spacial score (nSPS) is 25.0. The van der Waals surface area contributed by atoms with Crippen LogP contribution in [0.15, 0.2) is 18.2 Å². The van der Waals surface area contributed by atoms with E-state index in [1.807, 2.05) is 4.90 Å². The summed E-state index contributed by atoms with van der Waals surface area (Å²) < 4.78 is 0. The number of amides is 1. The molecule has 2 heterocycles. The number of likely N-dealkylation sites (tertiary alicyclic amines) is 1. The molecule has 0 unspecified atom stereocenters. The summed E-state index contributed by atoms with van der Waals surface area (Å²) in [5, 5.41) is 18.0. The lowest BCUT2D eigenvalue weighted by molar-refractivity contribution is -0.384. The minimum absolute atomic E-state index is 0. The van der Waals surface area contributed by atoms with Crippen LogP contribution in [0.1, 0.15) is 36.0 Å². The van der Waals surface area contributed by atoms with Crippen LogP contribution in [0.4, 0.5) is 11.4 Å². The van der Waals surface area contributed by atoms with Crippen LogP contribution in [0, 0.1) is 22.0 Å². The highest BCUT2D eigenvalue weighted by Crippen LogP contribution is 2.32. The predicted octanol–water partition coefficient (Wildman–Crippen LogP) is 2.66. The number of halogens is 1. The zero-order valence-electron chi connectivity index (χ0n) is 14.6. The lowest BCUT2D eigenvalue weighted by Gasteiger charge is -2.21. The van der Waals surface area contributed by atoms with Crippen molar-refractivity contribution in [2.24, 2.45) is 11.8 Å². The van der Waals surface area contributed by atoms with Crippen molar-refractivity contribution in [3.8, 4) is 0 Å². The lowest BCUT2D eigenvalue weighted by atomic mass is 9.92. The fraction of sp³-hybridized carbons (Fsp3) is 0.611. The molecule has 1 saturated carbocycles. The second-order valence-electron chi connectivity index (χ2n) is 7.46. The van der Waals surface area contributed by atoms with E-state index in [9.17, 15) is 14.9 Å². The first kappa shape index (κ1) is 18.9. The van der Waals surface area contributed by atoms with Crippen LogP contribution in [0.25, 0.3) is 0 Å². The molecule has 1 aromatic rings. The SMILES string of the molecule is Cl.O=C(c1ccc(NC2CC2)c([N+](=O)[O-])c1)N1CC[C@@H]2CNC[C@@H]2CC1. The Kier molecular flexibility index (Phi) is 5.67. The van der Waals surface area contributed by atoms with Crippen molar-refractivity contribution in [3.05, 3.63) is 33.9 Å². The Morgan fingerprint density at radius 3 is 2.38 bits per heavy atom. The van der Waals surface area contributed by atoms with E-state index in [0.717, 1.165) is 51.9 Å². The highest BCUT2D eigenvalue weighted by molar-refractivity contribution is 5.95. The van der Waals surface area contributed by atoms with E-state index in [2.05, 4.69) is 10.6 Å². The van der Waals surface area contributed by atoms with Crippen LogP contribution >= 0.6 is 12.4 Å². The molecule has 8 heteroatoms. The van der Waals surface area contributed by atoms with Gasteiger partial charge in [0.15, 0.2) is 0 Å². The van der Waals surface area contributed by atoms with Gasteiger partial charge >= 0.3 is 0 Å². The zero-order valence-corrected chi connectivity index (χ0v) is 15.5. The maximum atomic E-state index is 12.9. The molecule has 26 heavy (non-hydrogen) atoms. The number of benzene rings is 1. The molecule has 0 bridgehead atoms. The van der Waals surface area contributed by atoms with E-state index in [-0.39, 0.29) is 24.0 Å². The number of hydrogen-bond acceptors (Lipinski definition) is 5. The van der Waals surface area contributed by atoms with Crippen molar-refractivity contribution in [1.29, 1.82) is 0 Å². The summed E-state index contributed by atoms with van der Waals surface area (Å²) in [7, 11) is 0. The fourth-order valence-corrected chi connectivity index (χ4v) is 3.99. The van der Waals surface area contributed by atoms with E-state index in [0.29, 0.717) is 29.1 Å². The molecule has 1 aliphatic carbocycles. The summed E-state index contributed by atoms with van der Waals surface area (Å²) in [6.07, 6.45) is 4.10. The number of carbonyl (C=O) groups excluding carboxylic acids is 1. The average Bonchev–Trinajstić information content (AvgIpc) is 3.35. The number of nitro groups is 1. The third-order valence-corrected chi connectivity index (χ3v) is 5.68. The van der Waals surface area contributed by atoms with Crippen molar-refractivity contribution < 1.29 is 9.72 Å². The van der Waals surface area contributed by atoms with Gasteiger partial charge in [-0.3, -0.25) is 14.9 Å². The minimum Gasteiger partial charge on any atom is -0.377 e. The first-order valence-corrected chi connectivity index (χ1v) is 9.17. The van der Waals surface area contributed by atoms with Gasteiger partial charge in [0.1, 0.15) is 5.69 Å². The monoisotopic (exact) mass is 380 g/mol. The van der Waals surface area contributed by atoms with E-state index in [4.69, 9.17) is 0 Å². The molecule has 0 aromatic heterocycles. The van der Waals surface area contributed by atoms with Gasteiger partial charge in [0, 0.05) is 30.8 Å². The molecular formula is C18H25ClN4O3. The molecule has 2 aliphatic heterocycles. The molecule has 7 nitrogen and oxygen atoms in total. The smallest absolute Gasteiger partial charge is 0.293 e. The maximum absolute atomic E-state index is 12.9. The highest BCUT2D eigenvalue weighted by Gasteiger charge is 2.32. The number of fused-ring (bicyclic) bond motifs is 1. The topological polar surface area (TPSA) is 87.5 Å². The van der Waals surface area contributed by atoms with Crippen LogP contribution in [0.2, 0.25) is 0 Å². The molecular weight excluding hydrogens is 356 g/mol. The Labute approximate surface area is 159 Å². The maximum Gasteiger partial charge on any atom is 0.293 e. The van der Waals surface area contributed by atoms with E-state index in [1.54, 1.807) is 12.1 Å². The average molecular weight is 381 g/mol. The fourth-order valence-electron chi connectivity index (χ4n) is 3.99. The van der Waals surface area contributed by atoms with Crippen molar-refractivity contribution >= 4 is 29.7 Å². The Morgan fingerprint density at radius 2 is 1.81 bits per heavy atom. The van der Waals surface area contributed by atoms with Crippen molar-refractivity contribution in [2.75, 3.05) is 31.5 Å². The number of rotatable bonds is 4. The van der Waals surface area contributed by atoms with E-state index >= 15 is 0 Å². The number of nitrogens with zero attached hydrogens (tertiary/aromatic N) is 2. The molecule has 2 saturated heterocycles. The Balaban J connectivity index is 0.00000196. The van der Waals surface area contributed by atoms with Gasteiger partial charge in [0.25, 0.3) is 11.6 Å². The van der Waals surface area contributed by atoms with Gasteiger partial charge in [-0.15, -0.1) is 12.4 Å². The summed E-state index contributed by atoms with van der Waals surface area (Å²) in [4.78, 5) is 25.7. The first-order valence-electron chi connectivity index (χ1n) is 9.17. The first-order chi connectivity index (χ1) is 12.1. The summed E-state index contributed by atoms with van der Waals surface area (Å²) in [6.45, 7) is 3.55. The highest BCUT2D eigenvalue weighted by atomic mass is 35.5. The predicted molar refractivity (Wildman–Crippen MR) is 102 cm³/mol. The van der Waals surface area contributed by atoms with Crippen LogP contribution in [-0.2, 0) is 0 Å². The van der Waals surface area contributed by atoms with Gasteiger partial charge in [-0.05, 0) is 62.7 Å². The molecule has 142 valence electrons. The zero-order chi connectivity index (χ0) is 17.4. The second kappa shape index (κ2) is 7.80. The van der Waals surface area contributed by atoms with Gasteiger partial charge in [-0.1, -0.05) is 0 Å². The quantitative estimate of drug-likeness (QED) is 0.619. The Morgan fingerprint density at radius 1 is 1.15 bits per heavy atom. The number of anilines is 1. The van der Waals surface area contributed by atoms with Crippen LogP contribution < -0.4 is 10.6 Å². The number of nitro benzene ring substituents is 1. The van der Waals surface area contributed by atoms with Gasteiger partial charge in [-0.25, -0.2) is 0 Å². The largest absolute Gasteiger partial charge is 0.377 e. The summed E-state index contributed by atoms with van der Waals surface area (Å²) >= 11 is 0. The van der Waals surface area contributed by atoms with E-state index < -0.39 is 4.92 Å². The Hall–Kier alpha value is -1.86. The van der Waals surface area contributed by atoms with Crippen LogP contribution in [0.3, 0.4) is 0 Å². The molecule has 0 radical (unpaired) electrons. The second-order valence-corrected chi connectivity index (χ2v) is 7.46. The van der Waals surface area contributed by atoms with Gasteiger partial charge < -0.3 is 15.5 Å². The van der Waals surface area contributed by atoms with Crippen molar-refractivity contribution in [3.63, 3.8) is 0 Å². The minimum atomic E-state index is -0.403. The van der Waals surface area contributed by atoms with Crippen molar-refractivity contribution in [2.45, 2.75) is 31.7 Å².